The SMILES string of the molecule is COC(=O)C1=C(Nc2ccc3c(c2)n(C)c(=O)c(=O)n3C)C(=O)N(CCO)C1. The Morgan fingerprint density at radius 1 is 1.14 bits per heavy atom. The number of amides is 1. The maximum atomic E-state index is 12.6. The van der Waals surface area contributed by atoms with Crippen LogP contribution in [-0.2, 0) is 28.4 Å². The van der Waals surface area contributed by atoms with Crippen molar-refractivity contribution >= 4 is 28.6 Å². The molecule has 148 valence electrons. The molecule has 10 heteroatoms. The van der Waals surface area contributed by atoms with Crippen LogP contribution in [0.4, 0.5) is 5.69 Å². The standard InChI is InChI=1S/C18H20N4O6/c1-20-12-5-4-10(8-13(12)21(2)17(26)16(20)25)19-14-11(18(27)28-3)9-22(6-7-23)15(14)24/h4-5,8,19,23H,6-7,9H2,1-3H3. The average molecular weight is 388 g/mol. The van der Waals surface area contributed by atoms with E-state index in [-0.39, 0.29) is 31.0 Å². The van der Waals surface area contributed by atoms with Crippen molar-refractivity contribution in [2.75, 3.05) is 32.1 Å². The van der Waals surface area contributed by atoms with Crippen molar-refractivity contribution in [3.05, 3.63) is 50.2 Å². The van der Waals surface area contributed by atoms with Gasteiger partial charge in [0.1, 0.15) is 5.70 Å². The molecule has 1 aromatic carbocycles. The summed E-state index contributed by atoms with van der Waals surface area (Å²) >= 11 is 0. The van der Waals surface area contributed by atoms with Gasteiger partial charge in [0.2, 0.25) is 0 Å². The smallest absolute Gasteiger partial charge is 0.337 e. The lowest BCUT2D eigenvalue weighted by atomic mass is 10.2. The third-order valence-electron chi connectivity index (χ3n) is 4.71. The van der Waals surface area contributed by atoms with Crippen LogP contribution in [0.15, 0.2) is 39.1 Å². The monoisotopic (exact) mass is 388 g/mol. The molecule has 0 saturated heterocycles. The quantitative estimate of drug-likeness (QED) is 0.493. The van der Waals surface area contributed by atoms with Crippen LogP contribution in [0.5, 0.6) is 0 Å². The predicted octanol–water partition coefficient (Wildman–Crippen LogP) is -1.09. The van der Waals surface area contributed by atoms with Crippen LogP contribution >= 0.6 is 0 Å². The third kappa shape index (κ3) is 3.07. The van der Waals surface area contributed by atoms with E-state index in [1.54, 1.807) is 18.2 Å². The average Bonchev–Trinajstić information content (AvgIpc) is 3.00. The molecule has 0 radical (unpaired) electrons. The number of aliphatic hydroxyl groups excluding tert-OH is 1. The highest BCUT2D eigenvalue weighted by Gasteiger charge is 2.34. The molecule has 10 nitrogen and oxygen atoms in total. The van der Waals surface area contributed by atoms with Crippen molar-refractivity contribution in [1.82, 2.24) is 14.0 Å². The van der Waals surface area contributed by atoms with Crippen LogP contribution in [0.1, 0.15) is 0 Å². The summed E-state index contributed by atoms with van der Waals surface area (Å²) in [6.45, 7) is -0.132. The molecule has 2 heterocycles. The zero-order valence-electron chi connectivity index (χ0n) is 15.7. The molecule has 3 rings (SSSR count). The fourth-order valence-corrected chi connectivity index (χ4v) is 3.15. The lowest BCUT2D eigenvalue weighted by Gasteiger charge is -2.15. The van der Waals surface area contributed by atoms with Gasteiger partial charge in [0.05, 0.1) is 36.9 Å². The van der Waals surface area contributed by atoms with Crippen LogP contribution < -0.4 is 16.4 Å². The van der Waals surface area contributed by atoms with Gasteiger partial charge in [0, 0.05) is 26.3 Å². The van der Waals surface area contributed by atoms with Crippen LogP contribution in [-0.4, -0.2) is 57.8 Å². The number of hydrogen-bond acceptors (Lipinski definition) is 7. The Bertz CT molecular complexity index is 1130. The van der Waals surface area contributed by atoms with E-state index in [0.29, 0.717) is 16.7 Å². The summed E-state index contributed by atoms with van der Waals surface area (Å²) < 4.78 is 7.23. The number of fused-ring (bicyclic) bond motifs is 1. The van der Waals surface area contributed by atoms with E-state index < -0.39 is 23.0 Å². The van der Waals surface area contributed by atoms with E-state index in [1.165, 1.54) is 35.2 Å². The number of β-amino-alcohol motifs (C(OH)–C–C–N with tert-alkyl or cyclic N) is 1. The summed E-state index contributed by atoms with van der Waals surface area (Å²) in [5, 5.41) is 12.0. The van der Waals surface area contributed by atoms with Crippen LogP contribution in [0.3, 0.4) is 0 Å². The first-order chi connectivity index (χ1) is 13.3. The highest BCUT2D eigenvalue weighted by atomic mass is 16.5. The molecule has 28 heavy (non-hydrogen) atoms. The molecular formula is C18H20N4O6. The van der Waals surface area contributed by atoms with Crippen molar-refractivity contribution < 1.29 is 19.4 Å². The zero-order chi connectivity index (χ0) is 20.6. The topological polar surface area (TPSA) is 123 Å². The maximum Gasteiger partial charge on any atom is 0.337 e. The highest BCUT2D eigenvalue weighted by molar-refractivity contribution is 6.08. The number of nitrogens with zero attached hydrogens (tertiary/aromatic N) is 3. The summed E-state index contributed by atoms with van der Waals surface area (Å²) in [5.41, 5.74) is 0.362. The summed E-state index contributed by atoms with van der Waals surface area (Å²) in [6.07, 6.45) is 0. The Labute approximate surface area is 159 Å². The zero-order valence-corrected chi connectivity index (χ0v) is 15.7. The molecule has 2 aromatic rings. The summed E-state index contributed by atoms with van der Waals surface area (Å²) in [4.78, 5) is 50.0. The molecule has 2 N–H and O–H groups in total. The van der Waals surface area contributed by atoms with E-state index >= 15 is 0 Å². The van der Waals surface area contributed by atoms with Crippen LogP contribution in [0.2, 0.25) is 0 Å². The van der Waals surface area contributed by atoms with Gasteiger partial charge < -0.3 is 29.2 Å². The second-order valence-corrected chi connectivity index (χ2v) is 6.35. The first-order valence-electron chi connectivity index (χ1n) is 8.48. The molecule has 0 bridgehead atoms. The van der Waals surface area contributed by atoms with Gasteiger partial charge in [-0.2, -0.15) is 0 Å². The third-order valence-corrected chi connectivity index (χ3v) is 4.71. The number of nitrogens with one attached hydrogen (secondary N) is 1. The van der Waals surface area contributed by atoms with Crippen molar-refractivity contribution in [3.63, 3.8) is 0 Å². The second-order valence-electron chi connectivity index (χ2n) is 6.35. The van der Waals surface area contributed by atoms with Crippen molar-refractivity contribution in [1.29, 1.82) is 0 Å². The molecule has 0 unspecified atom stereocenters. The number of rotatable bonds is 5. The number of ether oxygens (including phenoxy) is 1. The van der Waals surface area contributed by atoms with Crippen molar-refractivity contribution in [3.8, 4) is 0 Å². The molecule has 0 spiro atoms. The number of benzene rings is 1. The van der Waals surface area contributed by atoms with Crippen LogP contribution in [0.25, 0.3) is 11.0 Å². The molecule has 1 aliphatic heterocycles. The Balaban J connectivity index is 2.07. The van der Waals surface area contributed by atoms with E-state index in [9.17, 15) is 19.2 Å². The maximum absolute atomic E-state index is 12.6. The molecule has 0 fully saturated rings. The fourth-order valence-electron chi connectivity index (χ4n) is 3.15. The molecule has 0 aliphatic carbocycles. The lowest BCUT2D eigenvalue weighted by molar-refractivity contribution is -0.136. The number of carbonyl (C=O) groups is 2. The number of aromatic nitrogens is 2. The van der Waals surface area contributed by atoms with Gasteiger partial charge in [-0.15, -0.1) is 0 Å². The summed E-state index contributed by atoms with van der Waals surface area (Å²) in [6, 6.07) is 4.89. The van der Waals surface area contributed by atoms with E-state index in [4.69, 9.17) is 9.84 Å². The van der Waals surface area contributed by atoms with Crippen molar-refractivity contribution in [2.24, 2.45) is 14.1 Å². The normalized spacial score (nSPS) is 14.1. The number of aliphatic hydroxyl groups is 1. The van der Waals surface area contributed by atoms with E-state index in [1.807, 2.05) is 0 Å². The minimum absolute atomic E-state index is 0.0228. The van der Waals surface area contributed by atoms with E-state index in [2.05, 4.69) is 5.32 Å². The Kier molecular flexibility index (Phi) is 5.06. The van der Waals surface area contributed by atoms with Gasteiger partial charge in [-0.05, 0) is 18.2 Å². The van der Waals surface area contributed by atoms with Gasteiger partial charge in [0.15, 0.2) is 0 Å². The molecular weight excluding hydrogens is 368 g/mol. The van der Waals surface area contributed by atoms with Gasteiger partial charge >= 0.3 is 17.1 Å². The van der Waals surface area contributed by atoms with Gasteiger partial charge in [0.25, 0.3) is 5.91 Å². The number of methoxy groups -OCH3 is 1. The highest BCUT2D eigenvalue weighted by Crippen LogP contribution is 2.24. The molecule has 0 saturated carbocycles. The van der Waals surface area contributed by atoms with Gasteiger partial charge in [-0.25, -0.2) is 4.79 Å². The predicted molar refractivity (Wildman–Crippen MR) is 101 cm³/mol. The Morgan fingerprint density at radius 2 is 1.79 bits per heavy atom. The van der Waals surface area contributed by atoms with Gasteiger partial charge in [-0.3, -0.25) is 14.4 Å². The Hall–Kier alpha value is -3.40. The molecule has 1 aliphatic rings. The molecule has 1 amide bonds. The summed E-state index contributed by atoms with van der Waals surface area (Å²) in [5.74, 6) is -1.09. The number of anilines is 1. The molecule has 1 aromatic heterocycles. The second kappa shape index (κ2) is 7.31. The number of carbonyl (C=O) groups excluding carboxylic acids is 2. The van der Waals surface area contributed by atoms with Gasteiger partial charge in [-0.1, -0.05) is 0 Å². The number of hydrogen-bond donors (Lipinski definition) is 2. The number of esters is 1. The number of aryl methyl sites for hydroxylation is 2. The minimum Gasteiger partial charge on any atom is -0.466 e. The lowest BCUT2D eigenvalue weighted by Crippen LogP contribution is -2.39. The van der Waals surface area contributed by atoms with Crippen molar-refractivity contribution in [2.45, 2.75) is 0 Å². The molecule has 0 atom stereocenters. The van der Waals surface area contributed by atoms with E-state index in [0.717, 1.165) is 0 Å². The summed E-state index contributed by atoms with van der Waals surface area (Å²) in [7, 11) is 4.21. The Morgan fingerprint density at radius 3 is 2.39 bits per heavy atom. The first-order valence-corrected chi connectivity index (χ1v) is 8.48. The first kappa shape index (κ1) is 19.4. The van der Waals surface area contributed by atoms with Crippen LogP contribution in [0, 0.1) is 0 Å². The minimum atomic E-state index is -0.673. The fraction of sp³-hybridized carbons (Fsp3) is 0.333. The largest absolute Gasteiger partial charge is 0.466 e.